The Bertz CT molecular complexity index is 1180. The molecule has 0 unspecified atom stereocenters. The van der Waals surface area contributed by atoms with E-state index < -0.39 is 0 Å². The summed E-state index contributed by atoms with van der Waals surface area (Å²) in [6.45, 7) is 2.36. The lowest BCUT2D eigenvalue weighted by molar-refractivity contribution is 0.333. The van der Waals surface area contributed by atoms with Crippen LogP contribution in [0.15, 0.2) is 60.0 Å². The third-order valence-electron chi connectivity index (χ3n) is 5.31. The van der Waals surface area contributed by atoms with Gasteiger partial charge in [-0.1, -0.05) is 12.1 Å². The molecule has 0 atom stereocenters. The van der Waals surface area contributed by atoms with Crippen LogP contribution in [0.25, 0.3) is 16.9 Å². The molecule has 4 heterocycles. The summed E-state index contributed by atoms with van der Waals surface area (Å²) in [4.78, 5) is 27.7. The molecule has 0 N–H and O–H groups in total. The number of hydrogen-bond acceptors (Lipinski definition) is 7. The largest absolute Gasteiger partial charge is 0.355 e. The van der Waals surface area contributed by atoms with Gasteiger partial charge < -0.3 is 4.90 Å². The van der Waals surface area contributed by atoms with Crippen molar-refractivity contribution >= 4 is 16.9 Å². The second-order valence-electron chi connectivity index (χ2n) is 7.20. The maximum Gasteiger partial charge on any atom is 0.266 e. The molecule has 3 aromatic heterocycles. The molecule has 146 valence electrons. The molecule has 1 aromatic carbocycles. The van der Waals surface area contributed by atoms with Gasteiger partial charge in [0.2, 0.25) is 0 Å². The number of fused-ring (bicyclic) bond motifs is 1. The minimum atomic E-state index is -0.100. The molecule has 1 aliphatic heterocycles. The fraction of sp³-hybridized carbons (Fsp3) is 0.300. The Morgan fingerprint density at radius 2 is 1.83 bits per heavy atom. The smallest absolute Gasteiger partial charge is 0.266 e. The number of benzene rings is 1. The SMILES string of the molecule is O=c1ccc(-n2cncn2)nn1CC1CCN(c2cnc3ccccc3n2)CC1. The Morgan fingerprint density at radius 1 is 1.00 bits per heavy atom. The monoisotopic (exact) mass is 388 g/mol. The molecule has 0 saturated carbocycles. The molecule has 0 spiro atoms. The normalized spacial score (nSPS) is 15.1. The van der Waals surface area contributed by atoms with E-state index in [1.54, 1.807) is 17.1 Å². The maximum atomic E-state index is 12.3. The molecular weight excluding hydrogens is 368 g/mol. The molecule has 5 rings (SSSR count). The number of para-hydroxylation sites is 2. The number of aromatic nitrogens is 7. The second-order valence-corrected chi connectivity index (χ2v) is 7.20. The van der Waals surface area contributed by atoms with Crippen LogP contribution in [0.3, 0.4) is 0 Å². The lowest BCUT2D eigenvalue weighted by Gasteiger charge is -2.32. The third-order valence-corrected chi connectivity index (χ3v) is 5.31. The van der Waals surface area contributed by atoms with Gasteiger partial charge in [-0.2, -0.15) is 5.10 Å². The Kier molecular flexibility index (Phi) is 4.47. The van der Waals surface area contributed by atoms with Crippen LogP contribution in [0.5, 0.6) is 0 Å². The van der Waals surface area contributed by atoms with E-state index in [0.717, 1.165) is 42.8 Å². The highest BCUT2D eigenvalue weighted by Crippen LogP contribution is 2.23. The molecule has 0 bridgehead atoms. The van der Waals surface area contributed by atoms with Gasteiger partial charge in [-0.15, -0.1) is 5.10 Å². The predicted molar refractivity (Wildman–Crippen MR) is 108 cm³/mol. The van der Waals surface area contributed by atoms with Gasteiger partial charge >= 0.3 is 0 Å². The maximum absolute atomic E-state index is 12.3. The molecule has 9 nitrogen and oxygen atoms in total. The van der Waals surface area contributed by atoms with Crippen molar-refractivity contribution in [3.63, 3.8) is 0 Å². The minimum Gasteiger partial charge on any atom is -0.355 e. The topological polar surface area (TPSA) is 94.6 Å². The van der Waals surface area contributed by atoms with Crippen molar-refractivity contribution in [3.05, 3.63) is 65.6 Å². The average molecular weight is 388 g/mol. The zero-order valence-corrected chi connectivity index (χ0v) is 15.8. The summed E-state index contributed by atoms with van der Waals surface area (Å²) in [6, 6.07) is 11.1. The number of nitrogens with zero attached hydrogens (tertiary/aromatic N) is 8. The van der Waals surface area contributed by atoms with Crippen molar-refractivity contribution in [1.82, 2.24) is 34.5 Å². The fourth-order valence-electron chi connectivity index (χ4n) is 3.71. The van der Waals surface area contributed by atoms with Crippen LogP contribution in [-0.2, 0) is 6.54 Å². The van der Waals surface area contributed by atoms with Crippen LogP contribution in [0.2, 0.25) is 0 Å². The highest BCUT2D eigenvalue weighted by atomic mass is 16.1. The standard InChI is InChI=1S/C20H20N8O/c29-20-6-5-18(28-14-21-13-23-28)25-27(20)12-15-7-9-26(10-8-15)19-11-22-16-3-1-2-4-17(16)24-19/h1-6,11,13-15H,7-10,12H2. The first-order valence-corrected chi connectivity index (χ1v) is 9.66. The van der Waals surface area contributed by atoms with Crippen LogP contribution < -0.4 is 10.5 Å². The Hall–Kier alpha value is -3.62. The highest BCUT2D eigenvalue weighted by Gasteiger charge is 2.22. The summed E-state index contributed by atoms with van der Waals surface area (Å²) in [5.74, 6) is 1.88. The Balaban J connectivity index is 1.27. The summed E-state index contributed by atoms with van der Waals surface area (Å²) in [6.07, 6.45) is 6.80. The lowest BCUT2D eigenvalue weighted by atomic mass is 9.97. The van der Waals surface area contributed by atoms with Gasteiger partial charge in [0.05, 0.1) is 17.2 Å². The summed E-state index contributed by atoms with van der Waals surface area (Å²) in [5.41, 5.74) is 1.72. The van der Waals surface area contributed by atoms with Crippen molar-refractivity contribution in [2.75, 3.05) is 18.0 Å². The van der Waals surface area contributed by atoms with Crippen LogP contribution in [-0.4, -0.2) is 47.6 Å². The van der Waals surface area contributed by atoms with Crippen molar-refractivity contribution in [3.8, 4) is 5.82 Å². The number of hydrogen-bond donors (Lipinski definition) is 0. The number of rotatable bonds is 4. The molecule has 1 aliphatic rings. The fourth-order valence-corrected chi connectivity index (χ4v) is 3.71. The van der Waals surface area contributed by atoms with E-state index in [-0.39, 0.29) is 5.56 Å². The first-order valence-electron chi connectivity index (χ1n) is 9.66. The molecule has 29 heavy (non-hydrogen) atoms. The minimum absolute atomic E-state index is 0.100. The van der Waals surface area contributed by atoms with Crippen molar-refractivity contribution in [2.24, 2.45) is 5.92 Å². The highest BCUT2D eigenvalue weighted by molar-refractivity contribution is 5.75. The van der Waals surface area contributed by atoms with Gasteiger partial charge in [-0.05, 0) is 37.0 Å². The molecule has 4 aromatic rings. The third kappa shape index (κ3) is 3.58. The van der Waals surface area contributed by atoms with Crippen molar-refractivity contribution in [2.45, 2.75) is 19.4 Å². The van der Waals surface area contributed by atoms with Gasteiger partial charge in [0.15, 0.2) is 5.82 Å². The van der Waals surface area contributed by atoms with E-state index in [9.17, 15) is 4.79 Å². The van der Waals surface area contributed by atoms with Gasteiger partial charge in [-0.3, -0.25) is 9.78 Å². The van der Waals surface area contributed by atoms with Gasteiger partial charge in [0, 0.05) is 25.7 Å². The zero-order chi connectivity index (χ0) is 19.6. The molecule has 1 saturated heterocycles. The summed E-state index contributed by atoms with van der Waals surface area (Å²) in [7, 11) is 0. The van der Waals surface area contributed by atoms with Gasteiger partial charge in [0.1, 0.15) is 18.5 Å². The first kappa shape index (κ1) is 17.5. The Labute approximate surface area is 166 Å². The lowest BCUT2D eigenvalue weighted by Crippen LogP contribution is -2.37. The van der Waals surface area contributed by atoms with E-state index in [1.807, 2.05) is 30.5 Å². The molecule has 0 aliphatic carbocycles. The van der Waals surface area contributed by atoms with Gasteiger partial charge in [-0.25, -0.2) is 19.3 Å². The first-order chi connectivity index (χ1) is 14.3. The molecule has 9 heteroatoms. The van der Waals surface area contributed by atoms with E-state index in [4.69, 9.17) is 4.98 Å². The average Bonchev–Trinajstić information content (AvgIpc) is 3.30. The molecule has 0 radical (unpaired) electrons. The Morgan fingerprint density at radius 3 is 2.62 bits per heavy atom. The zero-order valence-electron chi connectivity index (χ0n) is 15.8. The van der Waals surface area contributed by atoms with Crippen molar-refractivity contribution in [1.29, 1.82) is 0 Å². The molecule has 0 amide bonds. The summed E-state index contributed by atoms with van der Waals surface area (Å²) < 4.78 is 3.09. The van der Waals surface area contributed by atoms with Crippen LogP contribution in [0.1, 0.15) is 12.8 Å². The van der Waals surface area contributed by atoms with E-state index in [2.05, 4.69) is 25.1 Å². The van der Waals surface area contributed by atoms with Crippen molar-refractivity contribution < 1.29 is 0 Å². The molecule has 1 fully saturated rings. The van der Waals surface area contributed by atoms with E-state index in [0.29, 0.717) is 18.3 Å². The summed E-state index contributed by atoms with van der Waals surface area (Å²) in [5, 5.41) is 8.53. The van der Waals surface area contributed by atoms with Gasteiger partial charge in [0.25, 0.3) is 5.56 Å². The predicted octanol–water partition coefficient (Wildman–Crippen LogP) is 1.68. The van der Waals surface area contributed by atoms with Crippen LogP contribution >= 0.6 is 0 Å². The second kappa shape index (κ2) is 7.42. The van der Waals surface area contributed by atoms with Crippen LogP contribution in [0, 0.1) is 5.92 Å². The number of piperidine rings is 1. The van der Waals surface area contributed by atoms with E-state index >= 15 is 0 Å². The molecular formula is C20H20N8O. The van der Waals surface area contributed by atoms with E-state index in [1.165, 1.54) is 17.1 Å². The number of anilines is 1. The quantitative estimate of drug-likeness (QED) is 0.525. The summed E-state index contributed by atoms with van der Waals surface area (Å²) >= 11 is 0. The van der Waals surface area contributed by atoms with Crippen LogP contribution in [0.4, 0.5) is 5.82 Å².